The monoisotopic (exact) mass is 238 g/mol. The molecule has 98 valence electrons. The van der Waals surface area contributed by atoms with Gasteiger partial charge in [-0.2, -0.15) is 0 Å². The van der Waals surface area contributed by atoms with Crippen molar-refractivity contribution in [2.75, 3.05) is 13.1 Å². The Labute approximate surface area is 105 Å². The second kappa shape index (κ2) is 5.38. The van der Waals surface area contributed by atoms with Crippen LogP contribution in [0.15, 0.2) is 0 Å². The molecule has 1 amide bonds. The van der Waals surface area contributed by atoms with Crippen LogP contribution in [0.2, 0.25) is 0 Å². The maximum Gasteiger partial charge on any atom is 0.228 e. The summed E-state index contributed by atoms with van der Waals surface area (Å²) in [5.74, 6) is 0.410. The van der Waals surface area contributed by atoms with E-state index >= 15 is 0 Å². The number of hydrogen-bond donors (Lipinski definition) is 1. The van der Waals surface area contributed by atoms with E-state index in [1.54, 1.807) is 0 Å². The molecule has 2 N–H and O–H groups in total. The molecule has 0 saturated heterocycles. The Kier molecular flexibility index (Phi) is 4.08. The van der Waals surface area contributed by atoms with Crippen LogP contribution in [-0.4, -0.2) is 29.9 Å². The molecule has 0 heterocycles. The molecule has 2 aliphatic carbocycles. The van der Waals surface area contributed by atoms with Gasteiger partial charge in [-0.25, -0.2) is 0 Å². The average Bonchev–Trinajstić information content (AvgIpc) is 2.69. The van der Waals surface area contributed by atoms with Crippen LogP contribution in [-0.2, 0) is 4.79 Å². The summed E-state index contributed by atoms with van der Waals surface area (Å²) in [6, 6.07) is 0.520. The minimum Gasteiger partial charge on any atom is -0.339 e. The lowest BCUT2D eigenvalue weighted by molar-refractivity contribution is -0.145. The summed E-state index contributed by atoms with van der Waals surface area (Å²) in [6.07, 6.45) is 9.23. The second-order valence-electron chi connectivity index (χ2n) is 5.99. The minimum atomic E-state index is -0.0653. The van der Waals surface area contributed by atoms with Crippen LogP contribution in [0.1, 0.15) is 58.3 Å². The SMILES string of the molecule is CC1(C(=O)N(CCCN)C2CCC2)CCCC1. The van der Waals surface area contributed by atoms with E-state index in [0.29, 0.717) is 18.5 Å². The quantitative estimate of drug-likeness (QED) is 0.799. The Hall–Kier alpha value is -0.570. The summed E-state index contributed by atoms with van der Waals surface area (Å²) in [4.78, 5) is 14.8. The van der Waals surface area contributed by atoms with Crippen LogP contribution in [0.5, 0.6) is 0 Å². The van der Waals surface area contributed by atoms with Crippen molar-refractivity contribution < 1.29 is 4.79 Å². The van der Waals surface area contributed by atoms with Crippen molar-refractivity contribution >= 4 is 5.91 Å². The highest BCUT2D eigenvalue weighted by Gasteiger charge is 2.41. The van der Waals surface area contributed by atoms with Crippen molar-refractivity contribution in [1.82, 2.24) is 4.90 Å². The van der Waals surface area contributed by atoms with Crippen molar-refractivity contribution in [2.24, 2.45) is 11.1 Å². The Bertz CT molecular complexity index is 267. The number of carbonyl (C=O) groups excluding carboxylic acids is 1. The van der Waals surface area contributed by atoms with Gasteiger partial charge in [0.25, 0.3) is 0 Å². The molecule has 0 atom stereocenters. The van der Waals surface area contributed by atoms with Crippen molar-refractivity contribution in [1.29, 1.82) is 0 Å². The topological polar surface area (TPSA) is 46.3 Å². The van der Waals surface area contributed by atoms with Gasteiger partial charge < -0.3 is 10.6 Å². The van der Waals surface area contributed by atoms with Crippen molar-refractivity contribution in [3.63, 3.8) is 0 Å². The number of hydrogen-bond acceptors (Lipinski definition) is 2. The molecule has 0 radical (unpaired) electrons. The van der Waals surface area contributed by atoms with E-state index in [9.17, 15) is 4.79 Å². The van der Waals surface area contributed by atoms with Crippen LogP contribution >= 0.6 is 0 Å². The van der Waals surface area contributed by atoms with E-state index < -0.39 is 0 Å². The van der Waals surface area contributed by atoms with Gasteiger partial charge in [-0.1, -0.05) is 19.8 Å². The normalized spacial score (nSPS) is 23.4. The smallest absolute Gasteiger partial charge is 0.228 e. The van der Waals surface area contributed by atoms with Gasteiger partial charge in [0.15, 0.2) is 0 Å². The van der Waals surface area contributed by atoms with E-state index in [2.05, 4.69) is 11.8 Å². The summed E-state index contributed by atoms with van der Waals surface area (Å²) in [7, 11) is 0. The standard InChI is InChI=1S/C14H26N2O/c1-14(8-2-3-9-14)13(17)16(11-5-10-15)12-6-4-7-12/h12H,2-11,15H2,1H3. The number of carbonyl (C=O) groups is 1. The van der Waals surface area contributed by atoms with Crippen molar-refractivity contribution in [3.8, 4) is 0 Å². The molecule has 0 bridgehead atoms. The maximum atomic E-state index is 12.7. The highest BCUT2D eigenvalue weighted by molar-refractivity contribution is 5.83. The van der Waals surface area contributed by atoms with Gasteiger partial charge in [0, 0.05) is 18.0 Å². The Morgan fingerprint density at radius 2 is 1.94 bits per heavy atom. The Balaban J connectivity index is 2.00. The molecular weight excluding hydrogens is 212 g/mol. The Morgan fingerprint density at radius 3 is 2.41 bits per heavy atom. The predicted molar refractivity (Wildman–Crippen MR) is 69.6 cm³/mol. The molecule has 3 nitrogen and oxygen atoms in total. The molecule has 0 aliphatic heterocycles. The lowest BCUT2D eigenvalue weighted by Crippen LogP contribution is -2.50. The number of amides is 1. The molecule has 0 aromatic carbocycles. The third-order valence-corrected chi connectivity index (χ3v) is 4.60. The van der Waals surface area contributed by atoms with Gasteiger partial charge in [0.05, 0.1) is 0 Å². The van der Waals surface area contributed by atoms with Gasteiger partial charge in [-0.3, -0.25) is 4.79 Å². The molecule has 2 rings (SSSR count). The number of nitrogens with two attached hydrogens (primary N) is 1. The lowest BCUT2D eigenvalue weighted by atomic mass is 9.84. The van der Waals surface area contributed by atoms with Crippen molar-refractivity contribution in [3.05, 3.63) is 0 Å². The zero-order valence-corrected chi connectivity index (χ0v) is 11.1. The van der Waals surface area contributed by atoms with Gasteiger partial charge in [-0.05, 0) is 45.1 Å². The molecule has 0 aromatic heterocycles. The lowest BCUT2D eigenvalue weighted by Gasteiger charge is -2.41. The third kappa shape index (κ3) is 2.65. The average molecular weight is 238 g/mol. The van der Waals surface area contributed by atoms with Gasteiger partial charge in [0.2, 0.25) is 5.91 Å². The molecule has 0 spiro atoms. The molecule has 0 unspecified atom stereocenters. The van der Waals surface area contributed by atoms with Gasteiger partial charge >= 0.3 is 0 Å². The number of rotatable bonds is 5. The molecule has 3 heteroatoms. The number of nitrogens with zero attached hydrogens (tertiary/aromatic N) is 1. The van der Waals surface area contributed by atoms with E-state index in [1.807, 2.05) is 0 Å². The minimum absolute atomic E-state index is 0.0653. The zero-order chi connectivity index (χ0) is 12.3. The van der Waals surface area contributed by atoms with E-state index in [4.69, 9.17) is 5.73 Å². The zero-order valence-electron chi connectivity index (χ0n) is 11.1. The van der Waals surface area contributed by atoms with Crippen LogP contribution in [0.4, 0.5) is 0 Å². The van der Waals surface area contributed by atoms with Crippen LogP contribution in [0.25, 0.3) is 0 Å². The third-order valence-electron chi connectivity index (χ3n) is 4.60. The molecule has 2 saturated carbocycles. The van der Waals surface area contributed by atoms with E-state index in [1.165, 1.54) is 32.1 Å². The predicted octanol–water partition coefficient (Wildman–Crippen LogP) is 2.30. The second-order valence-corrected chi connectivity index (χ2v) is 5.99. The summed E-state index contributed by atoms with van der Waals surface area (Å²) in [5.41, 5.74) is 5.52. The summed E-state index contributed by atoms with van der Waals surface area (Å²) in [5, 5.41) is 0. The fourth-order valence-corrected chi connectivity index (χ4v) is 3.13. The first-order valence-electron chi connectivity index (χ1n) is 7.18. The summed E-state index contributed by atoms with van der Waals surface area (Å²) >= 11 is 0. The molecule has 2 aliphatic rings. The summed E-state index contributed by atoms with van der Waals surface area (Å²) in [6.45, 7) is 3.72. The van der Waals surface area contributed by atoms with Crippen LogP contribution in [0.3, 0.4) is 0 Å². The molecule has 17 heavy (non-hydrogen) atoms. The highest BCUT2D eigenvalue weighted by Crippen LogP contribution is 2.40. The Morgan fingerprint density at radius 1 is 1.29 bits per heavy atom. The first kappa shape index (κ1) is 12.9. The molecule has 2 fully saturated rings. The fourth-order valence-electron chi connectivity index (χ4n) is 3.13. The van der Waals surface area contributed by atoms with Gasteiger partial charge in [-0.15, -0.1) is 0 Å². The van der Waals surface area contributed by atoms with Crippen LogP contribution < -0.4 is 5.73 Å². The molecular formula is C14H26N2O. The van der Waals surface area contributed by atoms with Crippen LogP contribution in [0, 0.1) is 5.41 Å². The van der Waals surface area contributed by atoms with E-state index in [0.717, 1.165) is 25.8 Å². The highest BCUT2D eigenvalue weighted by atomic mass is 16.2. The maximum absolute atomic E-state index is 12.7. The van der Waals surface area contributed by atoms with E-state index in [-0.39, 0.29) is 5.41 Å². The summed E-state index contributed by atoms with van der Waals surface area (Å²) < 4.78 is 0. The molecule has 0 aromatic rings. The fraction of sp³-hybridized carbons (Fsp3) is 0.929. The largest absolute Gasteiger partial charge is 0.339 e. The first-order valence-corrected chi connectivity index (χ1v) is 7.18. The first-order chi connectivity index (χ1) is 8.17. The van der Waals surface area contributed by atoms with Crippen molar-refractivity contribution in [2.45, 2.75) is 64.3 Å². The van der Waals surface area contributed by atoms with Gasteiger partial charge in [0.1, 0.15) is 0 Å².